The van der Waals surface area contributed by atoms with Gasteiger partial charge >= 0.3 is 0 Å². The van der Waals surface area contributed by atoms with Crippen LogP contribution in [0.2, 0.25) is 0 Å². The maximum absolute atomic E-state index is 13.6. The van der Waals surface area contributed by atoms with Gasteiger partial charge in [-0.2, -0.15) is 0 Å². The average molecular weight is 306 g/mol. The Labute approximate surface area is 107 Å². The summed E-state index contributed by atoms with van der Waals surface area (Å²) in [6, 6.07) is 2.59. The van der Waals surface area contributed by atoms with Crippen LogP contribution in [0.25, 0.3) is 0 Å². The molecule has 1 saturated carbocycles. The van der Waals surface area contributed by atoms with E-state index in [1.165, 1.54) is 12.1 Å². The quantitative estimate of drug-likeness (QED) is 0.820. The summed E-state index contributed by atoms with van der Waals surface area (Å²) in [5.41, 5.74) is -0.0213. The van der Waals surface area contributed by atoms with Crippen molar-refractivity contribution in [1.82, 2.24) is 5.32 Å². The fourth-order valence-electron chi connectivity index (χ4n) is 1.75. The first-order chi connectivity index (χ1) is 8.08. The molecule has 0 unspecified atom stereocenters. The number of aliphatic hydroxyl groups excluding tert-OH is 1. The molecule has 1 aromatic carbocycles. The van der Waals surface area contributed by atoms with E-state index in [9.17, 15) is 8.78 Å². The van der Waals surface area contributed by atoms with Crippen LogP contribution in [-0.2, 0) is 6.54 Å². The first-order valence-corrected chi connectivity index (χ1v) is 6.31. The van der Waals surface area contributed by atoms with Crippen molar-refractivity contribution in [3.8, 4) is 0 Å². The van der Waals surface area contributed by atoms with Crippen molar-refractivity contribution >= 4 is 15.9 Å². The number of rotatable bonds is 5. The molecule has 0 aliphatic heterocycles. The molecule has 0 aromatic heterocycles. The van der Waals surface area contributed by atoms with Crippen LogP contribution < -0.4 is 5.32 Å². The van der Waals surface area contributed by atoms with E-state index in [-0.39, 0.29) is 28.6 Å². The Morgan fingerprint density at radius 3 is 2.65 bits per heavy atom. The summed E-state index contributed by atoms with van der Waals surface area (Å²) in [6.07, 6.45) is 1.94. The zero-order chi connectivity index (χ0) is 12.5. The standard InChI is InChI=1S/C12H14BrF2NO/c13-9-1-2-10(14)8(11(9)15)5-16-6-12(7-17)3-4-12/h1-2,16-17H,3-7H2. The number of halogens is 3. The highest BCUT2D eigenvalue weighted by molar-refractivity contribution is 9.10. The summed E-state index contributed by atoms with van der Waals surface area (Å²) in [4.78, 5) is 0. The molecule has 1 aliphatic rings. The van der Waals surface area contributed by atoms with E-state index < -0.39 is 11.6 Å². The lowest BCUT2D eigenvalue weighted by atomic mass is 10.1. The molecule has 17 heavy (non-hydrogen) atoms. The lowest BCUT2D eigenvalue weighted by molar-refractivity contribution is 0.207. The van der Waals surface area contributed by atoms with Gasteiger partial charge in [0.1, 0.15) is 11.6 Å². The Hall–Kier alpha value is -0.520. The lowest BCUT2D eigenvalue weighted by Gasteiger charge is -2.13. The van der Waals surface area contributed by atoms with Crippen molar-refractivity contribution in [2.45, 2.75) is 19.4 Å². The smallest absolute Gasteiger partial charge is 0.144 e. The zero-order valence-electron chi connectivity index (χ0n) is 9.27. The second-order valence-electron chi connectivity index (χ2n) is 4.58. The molecule has 1 aromatic rings. The van der Waals surface area contributed by atoms with E-state index in [2.05, 4.69) is 21.2 Å². The minimum atomic E-state index is -0.564. The minimum Gasteiger partial charge on any atom is -0.396 e. The second-order valence-corrected chi connectivity index (χ2v) is 5.44. The van der Waals surface area contributed by atoms with Gasteiger partial charge in [0.2, 0.25) is 0 Å². The summed E-state index contributed by atoms with van der Waals surface area (Å²) in [5, 5.41) is 12.1. The van der Waals surface area contributed by atoms with Crippen LogP contribution in [0.1, 0.15) is 18.4 Å². The van der Waals surface area contributed by atoms with Crippen molar-refractivity contribution in [2.24, 2.45) is 5.41 Å². The highest BCUT2D eigenvalue weighted by Gasteiger charge is 2.41. The summed E-state index contributed by atoms with van der Waals surface area (Å²) in [7, 11) is 0. The van der Waals surface area contributed by atoms with E-state index >= 15 is 0 Å². The third kappa shape index (κ3) is 2.84. The maximum atomic E-state index is 13.6. The molecule has 0 spiro atoms. The predicted octanol–water partition coefficient (Wildman–Crippen LogP) is 2.59. The monoisotopic (exact) mass is 305 g/mol. The van der Waals surface area contributed by atoms with Crippen LogP contribution >= 0.6 is 15.9 Å². The van der Waals surface area contributed by atoms with Gasteiger partial charge < -0.3 is 10.4 Å². The normalized spacial score (nSPS) is 17.2. The minimum absolute atomic E-state index is 0.0353. The Kier molecular flexibility index (Phi) is 3.80. The highest BCUT2D eigenvalue weighted by atomic mass is 79.9. The van der Waals surface area contributed by atoms with Crippen molar-refractivity contribution in [3.63, 3.8) is 0 Å². The van der Waals surface area contributed by atoms with Crippen molar-refractivity contribution in [1.29, 1.82) is 0 Å². The first kappa shape index (κ1) is 12.9. The molecule has 0 saturated heterocycles. The Bertz CT molecular complexity index is 421. The molecular formula is C12H14BrF2NO. The van der Waals surface area contributed by atoms with Gasteiger partial charge in [0.15, 0.2) is 0 Å². The maximum Gasteiger partial charge on any atom is 0.144 e. The molecule has 0 amide bonds. The molecule has 0 bridgehead atoms. The summed E-state index contributed by atoms with van der Waals surface area (Å²) in [6.45, 7) is 0.858. The topological polar surface area (TPSA) is 32.3 Å². The van der Waals surface area contributed by atoms with Gasteiger partial charge in [-0.25, -0.2) is 8.78 Å². The van der Waals surface area contributed by atoms with E-state index in [1.807, 2.05) is 0 Å². The predicted molar refractivity (Wildman–Crippen MR) is 64.5 cm³/mol. The van der Waals surface area contributed by atoms with Gasteiger partial charge in [-0.3, -0.25) is 0 Å². The van der Waals surface area contributed by atoms with Crippen LogP contribution in [0.5, 0.6) is 0 Å². The molecule has 2 rings (SSSR count). The van der Waals surface area contributed by atoms with Crippen molar-refractivity contribution in [2.75, 3.05) is 13.2 Å². The van der Waals surface area contributed by atoms with Gasteiger partial charge in [-0.15, -0.1) is 0 Å². The zero-order valence-corrected chi connectivity index (χ0v) is 10.9. The summed E-state index contributed by atoms with van der Waals surface area (Å²) in [5.74, 6) is -1.11. The molecule has 2 N–H and O–H groups in total. The van der Waals surface area contributed by atoms with Gasteiger partial charge in [0, 0.05) is 30.7 Å². The third-order valence-electron chi connectivity index (χ3n) is 3.23. The molecule has 0 atom stereocenters. The Balaban J connectivity index is 1.97. The van der Waals surface area contributed by atoms with Gasteiger partial charge in [-0.05, 0) is 40.9 Å². The molecule has 1 fully saturated rings. The summed E-state index contributed by atoms with van der Waals surface area (Å²) < 4.78 is 27.3. The number of benzene rings is 1. The van der Waals surface area contributed by atoms with E-state index in [0.717, 1.165) is 12.8 Å². The van der Waals surface area contributed by atoms with Crippen molar-refractivity contribution in [3.05, 3.63) is 33.8 Å². The first-order valence-electron chi connectivity index (χ1n) is 5.52. The van der Waals surface area contributed by atoms with E-state index in [0.29, 0.717) is 6.54 Å². The SMILES string of the molecule is OCC1(CNCc2c(F)ccc(Br)c2F)CC1. The molecular weight excluding hydrogens is 292 g/mol. The largest absolute Gasteiger partial charge is 0.396 e. The average Bonchev–Trinajstić information content (AvgIpc) is 3.09. The number of aliphatic hydroxyl groups is 1. The van der Waals surface area contributed by atoms with Crippen LogP contribution in [0.15, 0.2) is 16.6 Å². The number of nitrogens with one attached hydrogen (secondary N) is 1. The van der Waals surface area contributed by atoms with Crippen LogP contribution in [0.4, 0.5) is 8.78 Å². The highest BCUT2D eigenvalue weighted by Crippen LogP contribution is 2.44. The van der Waals surface area contributed by atoms with Crippen LogP contribution in [-0.4, -0.2) is 18.3 Å². The fraction of sp³-hybridized carbons (Fsp3) is 0.500. The van der Waals surface area contributed by atoms with Crippen LogP contribution in [0.3, 0.4) is 0 Å². The van der Waals surface area contributed by atoms with Crippen molar-refractivity contribution < 1.29 is 13.9 Å². The third-order valence-corrected chi connectivity index (χ3v) is 3.85. The van der Waals surface area contributed by atoms with E-state index in [4.69, 9.17) is 5.11 Å². The van der Waals surface area contributed by atoms with Gasteiger partial charge in [-0.1, -0.05) is 0 Å². The summed E-state index contributed by atoms with van der Waals surface area (Å²) >= 11 is 3.03. The molecule has 5 heteroatoms. The number of hydrogen-bond donors (Lipinski definition) is 2. The molecule has 1 aliphatic carbocycles. The van der Waals surface area contributed by atoms with Gasteiger partial charge in [0.25, 0.3) is 0 Å². The van der Waals surface area contributed by atoms with Crippen LogP contribution in [0, 0.1) is 17.0 Å². The van der Waals surface area contributed by atoms with E-state index in [1.54, 1.807) is 0 Å². The Morgan fingerprint density at radius 1 is 1.35 bits per heavy atom. The molecule has 0 radical (unpaired) electrons. The lowest BCUT2D eigenvalue weighted by Crippen LogP contribution is -2.26. The number of hydrogen-bond acceptors (Lipinski definition) is 2. The molecule has 94 valence electrons. The van der Waals surface area contributed by atoms with Gasteiger partial charge in [0.05, 0.1) is 4.47 Å². The molecule has 0 heterocycles. The Morgan fingerprint density at radius 2 is 2.06 bits per heavy atom. The molecule has 2 nitrogen and oxygen atoms in total. The second kappa shape index (κ2) is 5.00. The fourth-order valence-corrected chi connectivity index (χ4v) is 2.12.